The van der Waals surface area contributed by atoms with Crippen molar-refractivity contribution in [3.8, 4) is 6.01 Å². The molecule has 0 atom stereocenters. The summed E-state index contributed by atoms with van der Waals surface area (Å²) in [5.41, 5.74) is 10.9. The van der Waals surface area contributed by atoms with Gasteiger partial charge in [-0.15, -0.1) is 0 Å². The number of hydrogen-bond donors (Lipinski definition) is 2. The van der Waals surface area contributed by atoms with Crippen LogP contribution in [0.5, 0.6) is 6.01 Å². The summed E-state index contributed by atoms with van der Waals surface area (Å²) in [6.45, 7) is 8.03. The van der Waals surface area contributed by atoms with Crippen LogP contribution >= 0.6 is 0 Å². The average molecular weight is 396 g/mol. The Morgan fingerprint density at radius 2 is 1.79 bits per heavy atom. The van der Waals surface area contributed by atoms with Gasteiger partial charge in [0.15, 0.2) is 5.82 Å². The van der Waals surface area contributed by atoms with Crippen molar-refractivity contribution in [1.29, 1.82) is 0 Å². The van der Waals surface area contributed by atoms with Crippen LogP contribution < -0.4 is 5.73 Å². The number of nitrogen functional groups attached to an aromatic ring is 1. The number of aryl methyl sites for hydroxylation is 1. The van der Waals surface area contributed by atoms with E-state index < -0.39 is 0 Å². The van der Waals surface area contributed by atoms with E-state index in [1.165, 1.54) is 18.4 Å². The Labute approximate surface area is 173 Å². The lowest BCUT2D eigenvalue weighted by atomic mass is 10.1. The summed E-state index contributed by atoms with van der Waals surface area (Å²) in [6.07, 6.45) is 4.31. The number of aromatic nitrogens is 3. The molecule has 1 aromatic carbocycles. The second kappa shape index (κ2) is 9.27. The highest BCUT2D eigenvalue weighted by Gasteiger charge is 2.15. The summed E-state index contributed by atoms with van der Waals surface area (Å²) in [6, 6.07) is 11.0. The van der Waals surface area contributed by atoms with Crippen molar-refractivity contribution in [3.05, 3.63) is 47.2 Å². The molecule has 0 spiro atoms. The molecule has 3 rings (SSSR count). The van der Waals surface area contributed by atoms with Crippen LogP contribution in [0, 0.1) is 0 Å². The lowest BCUT2D eigenvalue weighted by Crippen LogP contribution is -2.25. The van der Waals surface area contributed by atoms with Crippen molar-refractivity contribution in [2.75, 3.05) is 12.8 Å². The zero-order valence-electron chi connectivity index (χ0n) is 18.0. The third-order valence-electron chi connectivity index (χ3n) is 5.51. The van der Waals surface area contributed by atoms with E-state index in [0.717, 1.165) is 36.2 Å². The molecule has 6 nitrogen and oxygen atoms in total. The van der Waals surface area contributed by atoms with Crippen LogP contribution in [-0.2, 0) is 19.5 Å². The van der Waals surface area contributed by atoms with E-state index in [-0.39, 0.29) is 6.01 Å². The molecule has 0 saturated heterocycles. The number of nitrogens with two attached hydrogens (primary N) is 1. The number of hydrogen-bond acceptors (Lipinski definition) is 5. The van der Waals surface area contributed by atoms with Crippen LogP contribution in [0.1, 0.15) is 56.9 Å². The zero-order valence-corrected chi connectivity index (χ0v) is 18.0. The monoisotopic (exact) mass is 395 g/mol. The Morgan fingerprint density at radius 1 is 1.10 bits per heavy atom. The van der Waals surface area contributed by atoms with Crippen LogP contribution in [0.4, 0.5) is 5.82 Å². The van der Waals surface area contributed by atoms with Gasteiger partial charge in [0.2, 0.25) is 0 Å². The molecule has 0 aliphatic heterocycles. The van der Waals surface area contributed by atoms with Gasteiger partial charge in [-0.3, -0.25) is 9.47 Å². The number of unbranched alkanes of at least 4 members (excludes halogenated alkanes) is 2. The maximum Gasteiger partial charge on any atom is 0.295 e. The molecule has 0 fully saturated rings. The van der Waals surface area contributed by atoms with E-state index in [9.17, 15) is 5.11 Å². The number of imidazole rings is 1. The molecule has 0 radical (unpaired) electrons. The molecule has 2 heterocycles. The van der Waals surface area contributed by atoms with Gasteiger partial charge >= 0.3 is 0 Å². The van der Waals surface area contributed by atoms with E-state index >= 15 is 0 Å². The summed E-state index contributed by atoms with van der Waals surface area (Å²) < 4.78 is 1.81. The Bertz CT molecular complexity index is 946. The molecule has 0 amide bonds. The summed E-state index contributed by atoms with van der Waals surface area (Å²) in [4.78, 5) is 11.0. The standard InChI is InChI=1S/C23H33N5O/c1-5-6-7-8-19-13-20-21(22(24)25-19)26-23(29)28(20)15-18-11-9-17(10-12-18)14-27(4)16(2)3/h9-13,16H,5-8,14-15H2,1-4H3,(H2,24,25)(H,26,29). The molecule has 2 aromatic heterocycles. The number of benzene rings is 1. The molecule has 0 bridgehead atoms. The molecule has 0 aliphatic carbocycles. The van der Waals surface area contributed by atoms with Crippen molar-refractivity contribution in [2.45, 2.75) is 65.6 Å². The Balaban J connectivity index is 1.82. The molecule has 0 unspecified atom stereocenters. The first-order chi connectivity index (χ1) is 13.9. The third kappa shape index (κ3) is 5.07. The van der Waals surface area contributed by atoms with E-state index in [4.69, 9.17) is 5.73 Å². The van der Waals surface area contributed by atoms with Crippen molar-refractivity contribution in [1.82, 2.24) is 19.4 Å². The van der Waals surface area contributed by atoms with E-state index in [1.54, 1.807) is 0 Å². The Hall–Kier alpha value is -2.60. The SMILES string of the molecule is CCCCCc1cc2c(nc(O)n2Cc2ccc(CN(C)C(C)C)cc2)c(N)n1. The van der Waals surface area contributed by atoms with Gasteiger partial charge in [-0.1, -0.05) is 44.0 Å². The fourth-order valence-electron chi connectivity index (χ4n) is 3.43. The maximum atomic E-state index is 10.4. The van der Waals surface area contributed by atoms with Crippen LogP contribution in [0.25, 0.3) is 11.0 Å². The first kappa shape index (κ1) is 21.1. The highest BCUT2D eigenvalue weighted by atomic mass is 16.3. The predicted molar refractivity (Wildman–Crippen MR) is 119 cm³/mol. The van der Waals surface area contributed by atoms with Gasteiger partial charge in [0.1, 0.15) is 5.52 Å². The summed E-state index contributed by atoms with van der Waals surface area (Å²) in [7, 11) is 2.13. The van der Waals surface area contributed by atoms with Crippen molar-refractivity contribution in [2.24, 2.45) is 0 Å². The van der Waals surface area contributed by atoms with Crippen molar-refractivity contribution >= 4 is 16.9 Å². The highest BCUT2D eigenvalue weighted by molar-refractivity contribution is 5.86. The van der Waals surface area contributed by atoms with Gasteiger partial charge in [-0.2, -0.15) is 4.98 Å². The van der Waals surface area contributed by atoms with Gasteiger partial charge in [0, 0.05) is 18.3 Å². The second-order valence-electron chi connectivity index (χ2n) is 8.15. The van der Waals surface area contributed by atoms with Gasteiger partial charge in [-0.05, 0) is 50.9 Å². The van der Waals surface area contributed by atoms with Crippen molar-refractivity contribution in [3.63, 3.8) is 0 Å². The number of pyridine rings is 1. The van der Waals surface area contributed by atoms with Crippen molar-refractivity contribution < 1.29 is 5.11 Å². The van der Waals surface area contributed by atoms with Gasteiger partial charge in [0.25, 0.3) is 6.01 Å². The minimum Gasteiger partial charge on any atom is -0.480 e. The number of aromatic hydroxyl groups is 1. The molecule has 29 heavy (non-hydrogen) atoms. The topological polar surface area (TPSA) is 80.2 Å². The molecule has 0 saturated carbocycles. The van der Waals surface area contributed by atoms with E-state index in [0.29, 0.717) is 23.9 Å². The van der Waals surface area contributed by atoms with E-state index in [1.807, 2.05) is 10.6 Å². The number of fused-ring (bicyclic) bond motifs is 1. The smallest absolute Gasteiger partial charge is 0.295 e. The number of anilines is 1. The van der Waals surface area contributed by atoms with Gasteiger partial charge < -0.3 is 10.8 Å². The van der Waals surface area contributed by atoms with Crippen LogP contribution in [0.2, 0.25) is 0 Å². The molecule has 0 aliphatic rings. The summed E-state index contributed by atoms with van der Waals surface area (Å²) in [5.74, 6) is 0.384. The van der Waals surface area contributed by atoms with Crippen LogP contribution in [-0.4, -0.2) is 37.6 Å². The molecule has 3 N–H and O–H groups in total. The quantitative estimate of drug-likeness (QED) is 0.527. The largest absolute Gasteiger partial charge is 0.480 e. The predicted octanol–water partition coefficient (Wildman–Crippen LogP) is 4.34. The molecule has 6 heteroatoms. The maximum absolute atomic E-state index is 10.4. The molecular formula is C23H33N5O. The second-order valence-corrected chi connectivity index (χ2v) is 8.15. The Kier molecular flexibility index (Phi) is 6.75. The zero-order chi connectivity index (χ0) is 21.0. The lowest BCUT2D eigenvalue weighted by Gasteiger charge is -2.21. The highest BCUT2D eigenvalue weighted by Crippen LogP contribution is 2.26. The van der Waals surface area contributed by atoms with E-state index in [2.05, 4.69) is 67.0 Å². The molecular weight excluding hydrogens is 362 g/mol. The molecule has 156 valence electrons. The fraction of sp³-hybridized carbons (Fsp3) is 0.478. The first-order valence-electron chi connectivity index (χ1n) is 10.5. The molecule has 3 aromatic rings. The number of rotatable bonds is 9. The fourth-order valence-corrected chi connectivity index (χ4v) is 3.43. The van der Waals surface area contributed by atoms with Gasteiger partial charge in [0.05, 0.1) is 12.1 Å². The summed E-state index contributed by atoms with van der Waals surface area (Å²) >= 11 is 0. The minimum absolute atomic E-state index is 0.0252. The average Bonchev–Trinajstić information content (AvgIpc) is 3.00. The third-order valence-corrected chi connectivity index (χ3v) is 5.51. The van der Waals surface area contributed by atoms with Crippen LogP contribution in [0.15, 0.2) is 30.3 Å². The van der Waals surface area contributed by atoms with Gasteiger partial charge in [-0.25, -0.2) is 4.98 Å². The lowest BCUT2D eigenvalue weighted by molar-refractivity contribution is 0.266. The van der Waals surface area contributed by atoms with Crippen LogP contribution in [0.3, 0.4) is 0 Å². The Morgan fingerprint density at radius 3 is 2.45 bits per heavy atom. The minimum atomic E-state index is -0.0252. The first-order valence-corrected chi connectivity index (χ1v) is 10.5. The number of nitrogens with zero attached hydrogens (tertiary/aromatic N) is 4. The normalized spacial score (nSPS) is 11.8. The summed E-state index contributed by atoms with van der Waals surface area (Å²) in [5, 5.41) is 10.4.